The Balaban J connectivity index is 2.11. The molecule has 0 saturated carbocycles. The Hall–Kier alpha value is -2.70. The Morgan fingerprint density at radius 2 is 2.25 bits per heavy atom. The number of aryl methyl sites for hydroxylation is 1. The monoisotopic (exact) mass is 276 g/mol. The van der Waals surface area contributed by atoms with Crippen LogP contribution in [0.5, 0.6) is 0 Å². The summed E-state index contributed by atoms with van der Waals surface area (Å²) in [5.41, 5.74) is 5.96. The number of nitrogens with two attached hydrogens (primary N) is 1. The zero-order valence-corrected chi connectivity index (χ0v) is 10.8. The van der Waals surface area contributed by atoms with Crippen LogP contribution in [-0.4, -0.2) is 15.5 Å². The van der Waals surface area contributed by atoms with Gasteiger partial charge in [-0.05, 0) is 30.7 Å². The van der Waals surface area contributed by atoms with Crippen molar-refractivity contribution in [1.29, 1.82) is 0 Å². The Morgan fingerprint density at radius 1 is 1.50 bits per heavy atom. The van der Waals surface area contributed by atoms with Crippen LogP contribution in [0, 0.1) is 12.7 Å². The predicted molar refractivity (Wildman–Crippen MR) is 72.7 cm³/mol. The van der Waals surface area contributed by atoms with Crippen LogP contribution in [0.25, 0.3) is 0 Å². The van der Waals surface area contributed by atoms with E-state index in [1.54, 1.807) is 6.92 Å². The van der Waals surface area contributed by atoms with Gasteiger partial charge in [-0.2, -0.15) is 0 Å². The summed E-state index contributed by atoms with van der Waals surface area (Å²) in [5, 5.41) is 2.53. The zero-order chi connectivity index (χ0) is 14.7. The number of hydrogen-bond donors (Lipinski definition) is 2. The van der Waals surface area contributed by atoms with Gasteiger partial charge in [0.2, 0.25) is 5.91 Å². The summed E-state index contributed by atoms with van der Waals surface area (Å²) in [6, 6.07) is 3.86. The molecule has 7 heteroatoms. The molecule has 0 aliphatic carbocycles. The van der Waals surface area contributed by atoms with E-state index in [1.807, 2.05) is 0 Å². The van der Waals surface area contributed by atoms with Crippen molar-refractivity contribution >= 4 is 17.3 Å². The average Bonchev–Trinajstić information content (AvgIpc) is 2.38. The molecular formula is C13H13FN4O2. The first-order chi connectivity index (χ1) is 9.45. The fourth-order valence-electron chi connectivity index (χ4n) is 1.66. The first-order valence-electron chi connectivity index (χ1n) is 5.83. The van der Waals surface area contributed by atoms with E-state index in [1.165, 1.54) is 29.1 Å². The molecule has 0 aliphatic heterocycles. The maximum absolute atomic E-state index is 13.0. The molecule has 0 spiro atoms. The van der Waals surface area contributed by atoms with E-state index in [9.17, 15) is 14.0 Å². The lowest BCUT2D eigenvalue weighted by Crippen LogP contribution is -2.29. The van der Waals surface area contributed by atoms with Crippen LogP contribution in [0.3, 0.4) is 0 Å². The Morgan fingerprint density at radius 3 is 2.95 bits per heavy atom. The van der Waals surface area contributed by atoms with E-state index < -0.39 is 17.4 Å². The van der Waals surface area contributed by atoms with E-state index in [4.69, 9.17) is 5.73 Å². The number of carbonyl (C=O) groups is 1. The topological polar surface area (TPSA) is 90.0 Å². The standard InChI is InChI=1S/C13H13FN4O2/c1-8-5-16-13(20)18(6-8)7-12(19)17-9-2-3-10(14)11(15)4-9/h2-6H,7,15H2,1H3,(H,17,19). The summed E-state index contributed by atoms with van der Waals surface area (Å²) in [4.78, 5) is 26.9. The third-order valence-electron chi connectivity index (χ3n) is 2.58. The number of nitrogens with zero attached hydrogens (tertiary/aromatic N) is 2. The highest BCUT2D eigenvalue weighted by atomic mass is 19.1. The molecule has 0 radical (unpaired) electrons. The second kappa shape index (κ2) is 5.52. The molecule has 1 aromatic carbocycles. The number of benzene rings is 1. The largest absolute Gasteiger partial charge is 0.396 e. The van der Waals surface area contributed by atoms with Gasteiger partial charge in [-0.25, -0.2) is 14.2 Å². The summed E-state index contributed by atoms with van der Waals surface area (Å²) >= 11 is 0. The zero-order valence-electron chi connectivity index (χ0n) is 10.8. The molecule has 3 N–H and O–H groups in total. The van der Waals surface area contributed by atoms with Crippen molar-refractivity contribution < 1.29 is 9.18 Å². The van der Waals surface area contributed by atoms with Crippen molar-refractivity contribution in [1.82, 2.24) is 9.55 Å². The molecule has 0 saturated heterocycles. The lowest BCUT2D eigenvalue weighted by Gasteiger charge is -2.08. The lowest BCUT2D eigenvalue weighted by atomic mass is 10.2. The average molecular weight is 276 g/mol. The maximum atomic E-state index is 13.0. The SMILES string of the molecule is Cc1cnc(=O)n(CC(=O)Nc2ccc(F)c(N)c2)c1. The van der Waals surface area contributed by atoms with Crippen LogP contribution in [-0.2, 0) is 11.3 Å². The number of nitrogen functional groups attached to an aromatic ring is 1. The Kier molecular flexibility index (Phi) is 3.79. The third-order valence-corrected chi connectivity index (χ3v) is 2.58. The van der Waals surface area contributed by atoms with Crippen molar-refractivity contribution in [2.75, 3.05) is 11.1 Å². The number of anilines is 2. The quantitative estimate of drug-likeness (QED) is 0.815. The number of rotatable bonds is 3. The fourth-order valence-corrected chi connectivity index (χ4v) is 1.66. The summed E-state index contributed by atoms with van der Waals surface area (Å²) in [6.45, 7) is 1.59. The molecule has 1 amide bonds. The smallest absolute Gasteiger partial charge is 0.347 e. The number of amides is 1. The van der Waals surface area contributed by atoms with Crippen molar-refractivity contribution in [2.24, 2.45) is 0 Å². The minimum Gasteiger partial charge on any atom is -0.396 e. The van der Waals surface area contributed by atoms with Gasteiger partial charge in [-0.1, -0.05) is 0 Å². The van der Waals surface area contributed by atoms with Crippen molar-refractivity contribution in [2.45, 2.75) is 13.5 Å². The molecule has 1 aromatic heterocycles. The van der Waals surface area contributed by atoms with E-state index in [-0.39, 0.29) is 12.2 Å². The highest BCUT2D eigenvalue weighted by Crippen LogP contribution is 2.16. The summed E-state index contributed by atoms with van der Waals surface area (Å²) in [6.07, 6.45) is 2.96. The van der Waals surface area contributed by atoms with Crippen molar-refractivity contribution in [3.05, 3.63) is 52.5 Å². The second-order valence-corrected chi connectivity index (χ2v) is 4.33. The van der Waals surface area contributed by atoms with Gasteiger partial charge in [-0.15, -0.1) is 0 Å². The summed E-state index contributed by atoms with van der Waals surface area (Å²) in [5.74, 6) is -0.979. The molecular weight excluding hydrogens is 263 g/mol. The van der Waals surface area contributed by atoms with Crippen LogP contribution < -0.4 is 16.7 Å². The molecule has 2 aromatic rings. The Labute approximate surface area is 114 Å². The minimum atomic E-state index is -0.554. The number of hydrogen-bond acceptors (Lipinski definition) is 4. The second-order valence-electron chi connectivity index (χ2n) is 4.33. The molecule has 2 rings (SSSR count). The normalized spacial score (nSPS) is 10.3. The van der Waals surface area contributed by atoms with E-state index in [2.05, 4.69) is 10.3 Å². The minimum absolute atomic E-state index is 0.0582. The van der Waals surface area contributed by atoms with Gasteiger partial charge in [0, 0.05) is 18.1 Å². The van der Waals surface area contributed by atoms with Gasteiger partial charge in [0.15, 0.2) is 0 Å². The molecule has 0 unspecified atom stereocenters. The van der Waals surface area contributed by atoms with Gasteiger partial charge in [0.05, 0.1) is 5.69 Å². The van der Waals surface area contributed by atoms with Gasteiger partial charge < -0.3 is 11.1 Å². The molecule has 6 nitrogen and oxygen atoms in total. The van der Waals surface area contributed by atoms with Gasteiger partial charge in [-0.3, -0.25) is 9.36 Å². The van der Waals surface area contributed by atoms with Crippen LogP contribution in [0.1, 0.15) is 5.56 Å². The van der Waals surface area contributed by atoms with Crippen LogP contribution in [0.4, 0.5) is 15.8 Å². The molecule has 1 heterocycles. The molecule has 0 bridgehead atoms. The lowest BCUT2D eigenvalue weighted by molar-refractivity contribution is -0.116. The third kappa shape index (κ3) is 3.19. The number of aromatic nitrogens is 2. The van der Waals surface area contributed by atoms with Crippen LogP contribution >= 0.6 is 0 Å². The Bertz CT molecular complexity index is 712. The van der Waals surface area contributed by atoms with Gasteiger partial charge >= 0.3 is 5.69 Å². The van der Waals surface area contributed by atoms with Crippen molar-refractivity contribution in [3.8, 4) is 0 Å². The van der Waals surface area contributed by atoms with Gasteiger partial charge in [0.1, 0.15) is 12.4 Å². The molecule has 104 valence electrons. The molecule has 0 aliphatic rings. The number of carbonyl (C=O) groups excluding carboxylic acids is 1. The maximum Gasteiger partial charge on any atom is 0.347 e. The first-order valence-corrected chi connectivity index (χ1v) is 5.83. The first kappa shape index (κ1) is 13.7. The summed E-state index contributed by atoms with van der Waals surface area (Å²) < 4.78 is 14.2. The van der Waals surface area contributed by atoms with Crippen molar-refractivity contribution in [3.63, 3.8) is 0 Å². The molecule has 0 atom stereocenters. The summed E-state index contributed by atoms with van der Waals surface area (Å²) in [7, 11) is 0. The van der Waals surface area contributed by atoms with E-state index >= 15 is 0 Å². The highest BCUT2D eigenvalue weighted by Gasteiger charge is 2.07. The predicted octanol–water partition coefficient (Wildman–Crippen LogP) is 0.912. The van der Waals surface area contributed by atoms with Crippen LogP contribution in [0.2, 0.25) is 0 Å². The van der Waals surface area contributed by atoms with Gasteiger partial charge in [0.25, 0.3) is 0 Å². The fraction of sp³-hybridized carbons (Fsp3) is 0.154. The van der Waals surface area contributed by atoms with Crippen LogP contribution in [0.15, 0.2) is 35.4 Å². The van der Waals surface area contributed by atoms with E-state index in [0.29, 0.717) is 5.69 Å². The molecule has 0 fully saturated rings. The number of halogens is 1. The highest BCUT2D eigenvalue weighted by molar-refractivity contribution is 5.91. The van der Waals surface area contributed by atoms with E-state index in [0.717, 1.165) is 11.6 Å². The molecule has 20 heavy (non-hydrogen) atoms. The number of nitrogens with one attached hydrogen (secondary N) is 1.